The first kappa shape index (κ1) is 13.2. The maximum atomic E-state index is 5.41. The highest BCUT2D eigenvalue weighted by atomic mass is 16.7. The molecule has 0 radical (unpaired) electrons. The summed E-state index contributed by atoms with van der Waals surface area (Å²) in [4.78, 5) is 5.41. The van der Waals surface area contributed by atoms with Crippen molar-refractivity contribution >= 4 is 16.6 Å². The Morgan fingerprint density at radius 2 is 2.30 bits per heavy atom. The monoisotopic (exact) mass is 271 g/mol. The number of anilines is 1. The van der Waals surface area contributed by atoms with Crippen LogP contribution >= 0.6 is 0 Å². The fourth-order valence-corrected chi connectivity index (χ4v) is 3.07. The average molecular weight is 271 g/mol. The normalized spacial score (nSPS) is 15.3. The topological polar surface area (TPSA) is 29.4 Å². The van der Waals surface area contributed by atoms with Crippen molar-refractivity contribution in [3.05, 3.63) is 42.1 Å². The highest BCUT2D eigenvalue weighted by Crippen LogP contribution is 2.32. The molecule has 106 valence electrons. The van der Waals surface area contributed by atoms with Crippen molar-refractivity contribution in [1.29, 1.82) is 0 Å². The van der Waals surface area contributed by atoms with Gasteiger partial charge in [-0.15, -0.1) is 6.58 Å². The molecule has 1 N–H and O–H groups in total. The molecule has 20 heavy (non-hydrogen) atoms. The first-order valence-corrected chi connectivity index (χ1v) is 7.00. The molecular formula is C16H21N3O. The van der Waals surface area contributed by atoms with Crippen LogP contribution in [0.1, 0.15) is 11.3 Å². The van der Waals surface area contributed by atoms with Gasteiger partial charge in [0, 0.05) is 48.8 Å². The maximum Gasteiger partial charge on any atom is 0.0575 e. The van der Waals surface area contributed by atoms with Gasteiger partial charge >= 0.3 is 0 Å². The van der Waals surface area contributed by atoms with Crippen LogP contribution in [0.15, 0.2) is 30.9 Å². The fourth-order valence-electron chi connectivity index (χ4n) is 3.07. The molecule has 3 rings (SSSR count). The van der Waals surface area contributed by atoms with E-state index in [9.17, 15) is 0 Å². The molecule has 0 saturated carbocycles. The highest BCUT2D eigenvalue weighted by Gasteiger charge is 2.23. The summed E-state index contributed by atoms with van der Waals surface area (Å²) in [5, 5.41) is 6.55. The van der Waals surface area contributed by atoms with Crippen LogP contribution < -0.4 is 5.32 Å². The lowest BCUT2D eigenvalue weighted by atomic mass is 10.1. The molecule has 4 nitrogen and oxygen atoms in total. The number of rotatable bonds is 4. The van der Waals surface area contributed by atoms with Crippen molar-refractivity contribution < 1.29 is 4.84 Å². The van der Waals surface area contributed by atoms with Crippen LogP contribution in [0.3, 0.4) is 0 Å². The van der Waals surface area contributed by atoms with Gasteiger partial charge in [-0.3, -0.25) is 0 Å². The van der Waals surface area contributed by atoms with Gasteiger partial charge in [0.05, 0.1) is 13.7 Å². The molecule has 0 amide bonds. The average Bonchev–Trinajstić information content (AvgIpc) is 2.80. The summed E-state index contributed by atoms with van der Waals surface area (Å²) in [5.74, 6) is 0. The Labute approximate surface area is 119 Å². The van der Waals surface area contributed by atoms with Gasteiger partial charge in [-0.2, -0.15) is 5.06 Å². The van der Waals surface area contributed by atoms with E-state index in [4.69, 9.17) is 4.84 Å². The lowest BCUT2D eigenvalue weighted by Crippen LogP contribution is -2.30. The zero-order valence-corrected chi connectivity index (χ0v) is 12.1. The summed E-state index contributed by atoms with van der Waals surface area (Å²) in [6, 6.07) is 6.55. The molecule has 1 aromatic heterocycles. The fraction of sp³-hybridized carbons (Fsp3) is 0.375. The Balaban J connectivity index is 2.20. The van der Waals surface area contributed by atoms with Gasteiger partial charge in [0.2, 0.25) is 0 Å². The summed E-state index contributed by atoms with van der Waals surface area (Å²) in [6.07, 6.45) is 2.98. The van der Waals surface area contributed by atoms with Crippen LogP contribution in [-0.4, -0.2) is 30.3 Å². The number of allylic oxidation sites excluding steroid dienone is 1. The second-order valence-corrected chi connectivity index (χ2v) is 5.10. The summed E-state index contributed by atoms with van der Waals surface area (Å²) in [5.41, 5.74) is 5.23. The SMILES string of the molecule is C=CCn1c2c(c3cc(NC)ccc31)CN(OC)CC2. The third kappa shape index (κ3) is 2.01. The standard InChI is InChI=1S/C16H21N3O/c1-4-8-19-15-6-5-12(17-2)10-13(15)14-11-18(20-3)9-7-16(14)19/h4-6,10,17H,1,7-9,11H2,2-3H3. The minimum atomic E-state index is 0.847. The number of aromatic nitrogens is 1. The molecule has 1 aliphatic heterocycles. The Morgan fingerprint density at radius 3 is 3.00 bits per heavy atom. The van der Waals surface area contributed by atoms with Gasteiger partial charge < -0.3 is 14.7 Å². The van der Waals surface area contributed by atoms with Crippen LogP contribution in [0.25, 0.3) is 10.9 Å². The zero-order valence-electron chi connectivity index (χ0n) is 12.1. The number of nitrogens with zero attached hydrogens (tertiary/aromatic N) is 2. The van der Waals surface area contributed by atoms with Gasteiger partial charge in [0.1, 0.15) is 0 Å². The molecule has 2 aromatic rings. The highest BCUT2D eigenvalue weighted by molar-refractivity contribution is 5.88. The van der Waals surface area contributed by atoms with Crippen molar-refractivity contribution in [2.75, 3.05) is 26.0 Å². The van der Waals surface area contributed by atoms with Crippen LogP contribution in [-0.2, 0) is 24.3 Å². The van der Waals surface area contributed by atoms with Crippen molar-refractivity contribution in [3.8, 4) is 0 Å². The van der Waals surface area contributed by atoms with Crippen LogP contribution in [0.4, 0.5) is 5.69 Å². The molecule has 0 spiro atoms. The first-order valence-electron chi connectivity index (χ1n) is 7.00. The van der Waals surface area contributed by atoms with Gasteiger partial charge in [0.15, 0.2) is 0 Å². The lowest BCUT2D eigenvalue weighted by Gasteiger charge is -2.25. The van der Waals surface area contributed by atoms with E-state index >= 15 is 0 Å². The maximum absolute atomic E-state index is 5.41. The van der Waals surface area contributed by atoms with Crippen LogP contribution in [0.2, 0.25) is 0 Å². The van der Waals surface area contributed by atoms with Crippen LogP contribution in [0, 0.1) is 0 Å². The molecule has 0 atom stereocenters. The van der Waals surface area contributed by atoms with Gasteiger partial charge in [-0.1, -0.05) is 6.08 Å². The largest absolute Gasteiger partial charge is 0.388 e. The van der Waals surface area contributed by atoms with E-state index in [1.165, 1.54) is 22.2 Å². The minimum absolute atomic E-state index is 0.847. The number of fused-ring (bicyclic) bond motifs is 3. The number of hydroxylamine groups is 2. The number of nitrogens with one attached hydrogen (secondary N) is 1. The van der Waals surface area contributed by atoms with Gasteiger partial charge in [-0.05, 0) is 23.8 Å². The summed E-state index contributed by atoms with van der Waals surface area (Å²) in [7, 11) is 3.70. The lowest BCUT2D eigenvalue weighted by molar-refractivity contribution is -0.142. The zero-order chi connectivity index (χ0) is 14.1. The number of benzene rings is 1. The molecule has 2 heterocycles. The molecule has 1 aromatic carbocycles. The van der Waals surface area contributed by atoms with E-state index in [0.29, 0.717) is 0 Å². The number of hydrogen-bond donors (Lipinski definition) is 1. The molecule has 1 aliphatic rings. The van der Waals surface area contributed by atoms with E-state index in [1.807, 2.05) is 18.2 Å². The van der Waals surface area contributed by atoms with Gasteiger partial charge in [-0.25, -0.2) is 0 Å². The smallest absolute Gasteiger partial charge is 0.0575 e. The van der Waals surface area contributed by atoms with Crippen LogP contribution in [0.5, 0.6) is 0 Å². The van der Waals surface area contributed by atoms with Crippen molar-refractivity contribution in [2.24, 2.45) is 0 Å². The molecule has 0 aliphatic carbocycles. The van der Waals surface area contributed by atoms with E-state index in [2.05, 4.69) is 34.7 Å². The molecule has 0 saturated heterocycles. The van der Waals surface area contributed by atoms with Crippen molar-refractivity contribution in [1.82, 2.24) is 9.63 Å². The van der Waals surface area contributed by atoms with Gasteiger partial charge in [0.25, 0.3) is 0 Å². The van der Waals surface area contributed by atoms with E-state index in [1.54, 1.807) is 7.11 Å². The molecule has 0 bridgehead atoms. The molecule has 0 unspecified atom stereocenters. The van der Waals surface area contributed by atoms with E-state index < -0.39 is 0 Å². The molecular weight excluding hydrogens is 250 g/mol. The first-order chi connectivity index (χ1) is 9.78. The third-order valence-corrected chi connectivity index (χ3v) is 4.08. The number of hydrogen-bond acceptors (Lipinski definition) is 3. The van der Waals surface area contributed by atoms with Crippen molar-refractivity contribution in [3.63, 3.8) is 0 Å². The summed E-state index contributed by atoms with van der Waals surface area (Å²) < 4.78 is 2.38. The molecule has 0 fully saturated rings. The minimum Gasteiger partial charge on any atom is -0.388 e. The summed E-state index contributed by atoms with van der Waals surface area (Å²) >= 11 is 0. The third-order valence-electron chi connectivity index (χ3n) is 4.08. The Kier molecular flexibility index (Phi) is 3.51. The van der Waals surface area contributed by atoms with Crippen molar-refractivity contribution in [2.45, 2.75) is 19.5 Å². The second-order valence-electron chi connectivity index (χ2n) is 5.10. The predicted molar refractivity (Wildman–Crippen MR) is 82.8 cm³/mol. The van der Waals surface area contributed by atoms with E-state index in [0.717, 1.165) is 31.7 Å². The quantitative estimate of drug-likeness (QED) is 0.867. The summed E-state index contributed by atoms with van der Waals surface area (Å²) in [6.45, 7) is 6.53. The Hall–Kier alpha value is -1.78. The second kappa shape index (κ2) is 5.31. The predicted octanol–water partition coefficient (Wildman–Crippen LogP) is 2.79. The Bertz CT molecular complexity index is 645. The Morgan fingerprint density at radius 1 is 1.45 bits per heavy atom. The van der Waals surface area contributed by atoms with E-state index in [-0.39, 0.29) is 0 Å². The molecule has 4 heteroatoms.